The van der Waals surface area contributed by atoms with Crippen LogP contribution >= 0.6 is 36.0 Å². The number of urea groups is 1. The number of rotatable bonds is 5. The van der Waals surface area contributed by atoms with Crippen LogP contribution in [0, 0.1) is 0 Å². The fourth-order valence-corrected chi connectivity index (χ4v) is 4.64. The number of carbonyl (C=O) groups excluding carboxylic acids is 1. The number of halogens is 2. The minimum Gasteiger partial charge on any atom is -0.317 e. The van der Waals surface area contributed by atoms with Crippen molar-refractivity contribution in [3.63, 3.8) is 0 Å². The Morgan fingerprint density at radius 2 is 1.84 bits per heavy atom. The fraction of sp³-hybridized carbons (Fsp3) is 0.217. The van der Waals surface area contributed by atoms with Crippen LogP contribution in [0.15, 0.2) is 73.1 Å². The van der Waals surface area contributed by atoms with Gasteiger partial charge in [0.15, 0.2) is 0 Å². The zero-order chi connectivity index (χ0) is 21.8. The van der Waals surface area contributed by atoms with Crippen molar-refractivity contribution in [2.75, 3.05) is 10.8 Å². The maximum absolute atomic E-state index is 13.2. The zero-order valence-corrected chi connectivity index (χ0v) is 19.1. The van der Waals surface area contributed by atoms with Gasteiger partial charge in [-0.3, -0.25) is 9.88 Å². The lowest BCUT2D eigenvalue weighted by molar-refractivity contribution is 0.154. The monoisotopic (exact) mass is 472 g/mol. The molecule has 0 spiro atoms. The van der Waals surface area contributed by atoms with E-state index in [0.717, 1.165) is 24.9 Å². The second-order valence-electron chi connectivity index (χ2n) is 7.32. The van der Waals surface area contributed by atoms with Crippen LogP contribution in [0.3, 0.4) is 0 Å². The number of pyridine rings is 1. The summed E-state index contributed by atoms with van der Waals surface area (Å²) in [5.74, 6) is 0. The third kappa shape index (κ3) is 4.83. The van der Waals surface area contributed by atoms with Gasteiger partial charge in [0.1, 0.15) is 6.17 Å². The predicted octanol–water partition coefficient (Wildman–Crippen LogP) is 6.29. The highest BCUT2D eigenvalue weighted by Gasteiger charge is 2.34. The van der Waals surface area contributed by atoms with E-state index in [2.05, 4.69) is 40.1 Å². The normalized spacial score (nSPS) is 17.3. The largest absolute Gasteiger partial charge is 0.333 e. The number of likely N-dealkylation sites (tertiary alicyclic amines) is 1. The van der Waals surface area contributed by atoms with E-state index in [1.807, 2.05) is 30.3 Å². The van der Waals surface area contributed by atoms with Crippen LogP contribution in [-0.2, 0) is 0 Å². The summed E-state index contributed by atoms with van der Waals surface area (Å²) in [6, 6.07) is 19.1. The van der Waals surface area contributed by atoms with E-state index >= 15 is 0 Å². The molecular weight excluding hydrogens is 451 g/mol. The quantitative estimate of drug-likeness (QED) is 0.429. The number of amides is 2. The molecule has 1 N–H and O–H groups in total. The van der Waals surface area contributed by atoms with Crippen LogP contribution in [0.4, 0.5) is 10.5 Å². The summed E-state index contributed by atoms with van der Waals surface area (Å²) in [6.45, 7) is 0.858. The number of hydrogen-bond acceptors (Lipinski definition) is 4. The molecule has 2 heterocycles. The third-order valence-corrected chi connectivity index (χ3v) is 6.65. The molecule has 1 aliphatic rings. The average molecular weight is 473 g/mol. The molecule has 2 amide bonds. The molecule has 5 nitrogen and oxygen atoms in total. The first kappa shape index (κ1) is 22.0. The number of anilines is 1. The molecule has 160 valence electrons. The summed E-state index contributed by atoms with van der Waals surface area (Å²) in [5, 5.41) is 3.76. The van der Waals surface area contributed by atoms with Gasteiger partial charge in [-0.05, 0) is 48.2 Å². The van der Waals surface area contributed by atoms with Crippen LogP contribution in [0.1, 0.15) is 36.2 Å². The van der Waals surface area contributed by atoms with Crippen molar-refractivity contribution in [2.45, 2.75) is 25.0 Å². The SMILES string of the molecule is O=C(NC(c1ccncc1)N1CCCC1c1ccccc1)N(S)c1cccc(Cl)c1Cl. The Bertz CT molecular complexity index is 1040. The van der Waals surface area contributed by atoms with Crippen molar-refractivity contribution < 1.29 is 4.79 Å². The topological polar surface area (TPSA) is 48.5 Å². The molecule has 1 fully saturated rings. The molecule has 2 aromatic carbocycles. The molecule has 31 heavy (non-hydrogen) atoms. The van der Waals surface area contributed by atoms with Crippen LogP contribution < -0.4 is 9.62 Å². The standard InChI is InChI=1S/C23H22Cl2N4OS/c24-18-8-4-9-20(21(18)25)29(31)23(30)27-22(17-11-13-26-14-12-17)28-15-5-10-19(28)16-6-2-1-3-7-16/h1-4,6-9,11-14,19,22,31H,5,10,15H2,(H,27,30). The molecule has 0 aliphatic carbocycles. The Morgan fingerprint density at radius 3 is 2.58 bits per heavy atom. The molecule has 2 atom stereocenters. The van der Waals surface area contributed by atoms with Crippen LogP contribution in [0.25, 0.3) is 0 Å². The Kier molecular flexibility index (Phi) is 7.02. The van der Waals surface area contributed by atoms with Gasteiger partial charge in [0.2, 0.25) is 0 Å². The van der Waals surface area contributed by atoms with Gasteiger partial charge in [-0.2, -0.15) is 0 Å². The lowest BCUT2D eigenvalue weighted by Crippen LogP contribution is -2.44. The summed E-state index contributed by atoms with van der Waals surface area (Å²) in [5.41, 5.74) is 2.60. The highest BCUT2D eigenvalue weighted by atomic mass is 35.5. The Balaban J connectivity index is 1.63. The fourth-order valence-electron chi connectivity index (χ4n) is 3.98. The summed E-state index contributed by atoms with van der Waals surface area (Å²) in [7, 11) is 0. The summed E-state index contributed by atoms with van der Waals surface area (Å²) in [4.78, 5) is 19.6. The zero-order valence-electron chi connectivity index (χ0n) is 16.7. The number of benzene rings is 2. The number of carbonyl (C=O) groups is 1. The van der Waals surface area contributed by atoms with Crippen molar-refractivity contribution in [3.05, 3.63) is 94.2 Å². The summed E-state index contributed by atoms with van der Waals surface area (Å²) < 4.78 is 1.19. The highest BCUT2D eigenvalue weighted by molar-refractivity contribution is 7.82. The van der Waals surface area contributed by atoms with Gasteiger partial charge in [-0.25, -0.2) is 9.10 Å². The Hall–Kier alpha value is -2.25. The van der Waals surface area contributed by atoms with E-state index < -0.39 is 6.03 Å². The van der Waals surface area contributed by atoms with E-state index in [0.29, 0.717) is 10.7 Å². The minimum absolute atomic E-state index is 0.197. The second kappa shape index (κ2) is 9.92. The lowest BCUT2D eigenvalue weighted by Gasteiger charge is -2.35. The van der Waals surface area contributed by atoms with E-state index in [1.54, 1.807) is 30.6 Å². The van der Waals surface area contributed by atoms with Crippen molar-refractivity contribution in [1.29, 1.82) is 0 Å². The molecule has 0 bridgehead atoms. The van der Waals surface area contributed by atoms with E-state index in [-0.39, 0.29) is 17.2 Å². The molecule has 8 heteroatoms. The van der Waals surface area contributed by atoms with Gasteiger partial charge in [0, 0.05) is 25.0 Å². The first-order valence-electron chi connectivity index (χ1n) is 10.0. The first-order chi connectivity index (χ1) is 15.1. The van der Waals surface area contributed by atoms with Crippen molar-refractivity contribution in [1.82, 2.24) is 15.2 Å². The van der Waals surface area contributed by atoms with Gasteiger partial charge in [-0.15, -0.1) is 0 Å². The van der Waals surface area contributed by atoms with Crippen LogP contribution in [0.5, 0.6) is 0 Å². The van der Waals surface area contributed by atoms with E-state index in [1.165, 1.54) is 9.87 Å². The van der Waals surface area contributed by atoms with E-state index in [4.69, 9.17) is 23.2 Å². The molecular formula is C23H22Cl2N4OS. The van der Waals surface area contributed by atoms with E-state index in [9.17, 15) is 4.79 Å². The van der Waals surface area contributed by atoms with Gasteiger partial charge in [-0.1, -0.05) is 72.4 Å². The number of aromatic nitrogens is 1. The van der Waals surface area contributed by atoms with Gasteiger partial charge < -0.3 is 5.32 Å². The molecule has 1 aromatic heterocycles. The molecule has 3 aromatic rings. The lowest BCUT2D eigenvalue weighted by atomic mass is 10.0. The number of nitrogens with zero attached hydrogens (tertiary/aromatic N) is 3. The van der Waals surface area contributed by atoms with Crippen molar-refractivity contribution in [2.24, 2.45) is 0 Å². The van der Waals surface area contributed by atoms with Crippen LogP contribution in [-0.4, -0.2) is 22.5 Å². The van der Waals surface area contributed by atoms with Crippen LogP contribution in [0.2, 0.25) is 10.0 Å². The minimum atomic E-state index is -0.395. The van der Waals surface area contributed by atoms with Crippen molar-refractivity contribution in [3.8, 4) is 0 Å². The predicted molar refractivity (Wildman–Crippen MR) is 129 cm³/mol. The number of thiol groups is 1. The molecule has 4 rings (SSSR count). The molecule has 2 unspecified atom stereocenters. The molecule has 1 saturated heterocycles. The molecule has 1 aliphatic heterocycles. The van der Waals surface area contributed by atoms with Gasteiger partial charge in [0.25, 0.3) is 0 Å². The number of nitrogens with one attached hydrogen (secondary N) is 1. The highest BCUT2D eigenvalue weighted by Crippen LogP contribution is 2.38. The maximum Gasteiger partial charge on any atom is 0.333 e. The maximum atomic E-state index is 13.2. The van der Waals surface area contributed by atoms with Crippen molar-refractivity contribution >= 4 is 47.7 Å². The Morgan fingerprint density at radius 1 is 1.10 bits per heavy atom. The summed E-state index contributed by atoms with van der Waals surface area (Å²) >= 11 is 16.8. The first-order valence-corrected chi connectivity index (χ1v) is 11.2. The Labute approximate surface area is 197 Å². The smallest absolute Gasteiger partial charge is 0.317 e. The average Bonchev–Trinajstić information content (AvgIpc) is 3.29. The second-order valence-corrected chi connectivity index (χ2v) is 8.51. The molecule has 0 saturated carbocycles. The van der Waals surface area contributed by atoms with Gasteiger partial charge in [0.05, 0.1) is 15.7 Å². The van der Waals surface area contributed by atoms with Gasteiger partial charge >= 0.3 is 6.03 Å². The number of hydrogen-bond donors (Lipinski definition) is 2. The summed E-state index contributed by atoms with van der Waals surface area (Å²) in [6.07, 6.45) is 5.17. The molecule has 0 radical (unpaired) electrons. The third-order valence-electron chi connectivity index (χ3n) is 5.44.